The van der Waals surface area contributed by atoms with E-state index in [9.17, 15) is 0 Å². The molecule has 12 heavy (non-hydrogen) atoms. The van der Waals surface area contributed by atoms with Gasteiger partial charge in [0.05, 0.1) is 6.10 Å². The van der Waals surface area contributed by atoms with E-state index in [1.165, 1.54) is 11.8 Å². The second-order valence-electron chi connectivity index (χ2n) is 2.56. The molecule has 0 saturated heterocycles. The molecule has 1 unspecified atom stereocenters. The van der Waals surface area contributed by atoms with Gasteiger partial charge in [0.25, 0.3) is 0 Å². The number of nitrogens with two attached hydrogens (primary N) is 1. The first-order valence-corrected chi connectivity index (χ1v) is 4.55. The van der Waals surface area contributed by atoms with Crippen molar-refractivity contribution in [1.82, 2.24) is 14.8 Å². The Balaban J connectivity index is 2.58. The number of anilines is 1. The molecule has 1 heterocycles. The molecule has 0 bridgehead atoms. The van der Waals surface area contributed by atoms with Crippen LogP contribution in [0.1, 0.15) is 6.92 Å². The Morgan fingerprint density at radius 1 is 1.67 bits per heavy atom. The number of aromatic nitrogens is 3. The van der Waals surface area contributed by atoms with Gasteiger partial charge >= 0.3 is 0 Å². The van der Waals surface area contributed by atoms with Gasteiger partial charge in [-0.2, -0.15) is 0 Å². The van der Waals surface area contributed by atoms with Crippen molar-refractivity contribution in [3.05, 3.63) is 0 Å². The lowest BCUT2D eigenvalue weighted by Crippen LogP contribution is -2.04. The maximum Gasteiger partial charge on any atom is 0.222 e. The Morgan fingerprint density at radius 3 is 2.75 bits per heavy atom. The average Bonchev–Trinajstić information content (AvgIpc) is 2.30. The molecule has 1 aromatic heterocycles. The van der Waals surface area contributed by atoms with Crippen molar-refractivity contribution in [3.63, 3.8) is 0 Å². The lowest BCUT2D eigenvalue weighted by atomic mass is 10.5. The summed E-state index contributed by atoms with van der Waals surface area (Å²) >= 11 is 1.44. The molecule has 5 nitrogen and oxygen atoms in total. The van der Waals surface area contributed by atoms with Crippen molar-refractivity contribution in [2.24, 2.45) is 7.05 Å². The summed E-state index contributed by atoms with van der Waals surface area (Å²) in [6, 6.07) is 0. The minimum atomic E-state index is -0.340. The van der Waals surface area contributed by atoms with E-state index in [4.69, 9.17) is 10.8 Å². The summed E-state index contributed by atoms with van der Waals surface area (Å²) in [7, 11) is 1.79. The van der Waals surface area contributed by atoms with Crippen LogP contribution < -0.4 is 5.73 Å². The molecule has 0 aliphatic carbocycles. The quantitative estimate of drug-likeness (QED) is 0.646. The summed E-state index contributed by atoms with van der Waals surface area (Å²) in [5, 5.41) is 17.2. The van der Waals surface area contributed by atoms with E-state index in [1.807, 2.05) is 0 Å². The van der Waals surface area contributed by atoms with Gasteiger partial charge in [-0.05, 0) is 6.92 Å². The monoisotopic (exact) mass is 188 g/mol. The smallest absolute Gasteiger partial charge is 0.222 e. The standard InChI is InChI=1S/C6H12N4OS/c1-4(11)3-12-6-9-8-5(7)10(6)2/h4,11H,3H2,1-2H3,(H2,7,8). The van der Waals surface area contributed by atoms with Crippen LogP contribution in [0, 0.1) is 0 Å². The van der Waals surface area contributed by atoms with Crippen LogP contribution in [-0.4, -0.2) is 31.7 Å². The van der Waals surface area contributed by atoms with Crippen LogP contribution in [-0.2, 0) is 7.05 Å². The van der Waals surface area contributed by atoms with Crippen LogP contribution in [0.5, 0.6) is 0 Å². The van der Waals surface area contributed by atoms with Crippen LogP contribution in [0.4, 0.5) is 5.95 Å². The van der Waals surface area contributed by atoms with Gasteiger partial charge in [-0.25, -0.2) is 0 Å². The summed E-state index contributed by atoms with van der Waals surface area (Å²) in [5.74, 6) is 0.995. The zero-order valence-corrected chi connectivity index (χ0v) is 7.88. The third kappa shape index (κ3) is 2.12. The number of rotatable bonds is 3. The lowest BCUT2D eigenvalue weighted by molar-refractivity contribution is 0.220. The van der Waals surface area contributed by atoms with Gasteiger partial charge in [-0.1, -0.05) is 11.8 Å². The third-order valence-electron chi connectivity index (χ3n) is 1.32. The summed E-state index contributed by atoms with van der Waals surface area (Å²) < 4.78 is 1.69. The third-order valence-corrected chi connectivity index (χ3v) is 2.58. The predicted molar refractivity (Wildman–Crippen MR) is 47.8 cm³/mol. The second kappa shape index (κ2) is 3.77. The fourth-order valence-corrected chi connectivity index (χ4v) is 1.42. The van der Waals surface area contributed by atoms with Crippen LogP contribution in [0.25, 0.3) is 0 Å². The first-order chi connectivity index (χ1) is 5.61. The molecule has 1 aromatic rings. The second-order valence-corrected chi connectivity index (χ2v) is 3.55. The zero-order chi connectivity index (χ0) is 9.14. The molecule has 68 valence electrons. The Labute approximate surface area is 75.0 Å². The maximum absolute atomic E-state index is 9.00. The number of hydrogen-bond acceptors (Lipinski definition) is 5. The topological polar surface area (TPSA) is 77.0 Å². The van der Waals surface area contributed by atoms with Gasteiger partial charge in [-0.3, -0.25) is 4.57 Å². The average molecular weight is 188 g/mol. The van der Waals surface area contributed by atoms with Crippen LogP contribution >= 0.6 is 11.8 Å². The number of aliphatic hydroxyl groups is 1. The highest BCUT2D eigenvalue weighted by atomic mass is 32.2. The van der Waals surface area contributed by atoms with E-state index >= 15 is 0 Å². The Morgan fingerprint density at radius 2 is 2.33 bits per heavy atom. The van der Waals surface area contributed by atoms with Gasteiger partial charge in [-0.15, -0.1) is 10.2 Å². The molecule has 0 fully saturated rings. The largest absolute Gasteiger partial charge is 0.393 e. The lowest BCUT2D eigenvalue weighted by Gasteiger charge is -2.02. The van der Waals surface area contributed by atoms with Crippen molar-refractivity contribution in [3.8, 4) is 0 Å². The highest BCUT2D eigenvalue weighted by molar-refractivity contribution is 7.99. The zero-order valence-electron chi connectivity index (χ0n) is 7.06. The highest BCUT2D eigenvalue weighted by Crippen LogP contribution is 2.16. The minimum absolute atomic E-state index is 0.340. The van der Waals surface area contributed by atoms with E-state index in [0.717, 1.165) is 5.16 Å². The van der Waals surface area contributed by atoms with Gasteiger partial charge < -0.3 is 10.8 Å². The Bertz CT molecular complexity index is 260. The summed E-state index contributed by atoms with van der Waals surface area (Å²) in [6.07, 6.45) is -0.340. The van der Waals surface area contributed by atoms with E-state index in [2.05, 4.69) is 10.2 Å². The fourth-order valence-electron chi connectivity index (χ4n) is 0.647. The number of hydrogen-bond donors (Lipinski definition) is 2. The molecule has 3 N–H and O–H groups in total. The van der Waals surface area contributed by atoms with E-state index in [1.54, 1.807) is 18.5 Å². The number of aliphatic hydroxyl groups excluding tert-OH is 1. The molecule has 0 aliphatic rings. The molecule has 0 aliphatic heterocycles. The molecule has 1 atom stereocenters. The molecule has 0 radical (unpaired) electrons. The minimum Gasteiger partial charge on any atom is -0.393 e. The highest BCUT2D eigenvalue weighted by Gasteiger charge is 2.06. The predicted octanol–water partition coefficient (Wildman–Crippen LogP) is -0.130. The molecular weight excluding hydrogens is 176 g/mol. The summed E-state index contributed by atoms with van der Waals surface area (Å²) in [4.78, 5) is 0. The molecule has 6 heteroatoms. The molecular formula is C6H12N4OS. The van der Waals surface area contributed by atoms with Crippen molar-refractivity contribution in [2.75, 3.05) is 11.5 Å². The fraction of sp³-hybridized carbons (Fsp3) is 0.667. The molecule has 0 amide bonds. The molecule has 0 spiro atoms. The van der Waals surface area contributed by atoms with Crippen LogP contribution in [0.3, 0.4) is 0 Å². The summed E-state index contributed by atoms with van der Waals surface area (Å²) in [6.45, 7) is 1.73. The van der Waals surface area contributed by atoms with Gasteiger partial charge in [0.1, 0.15) is 0 Å². The first kappa shape index (κ1) is 9.34. The van der Waals surface area contributed by atoms with Crippen LogP contribution in [0.15, 0.2) is 5.16 Å². The maximum atomic E-state index is 9.00. The van der Waals surface area contributed by atoms with Crippen molar-refractivity contribution < 1.29 is 5.11 Å². The van der Waals surface area contributed by atoms with Crippen molar-refractivity contribution in [1.29, 1.82) is 0 Å². The Hall–Kier alpha value is -0.750. The van der Waals surface area contributed by atoms with Gasteiger partial charge in [0, 0.05) is 12.8 Å². The van der Waals surface area contributed by atoms with Crippen LogP contribution in [0.2, 0.25) is 0 Å². The molecule has 1 rings (SSSR count). The first-order valence-electron chi connectivity index (χ1n) is 3.57. The number of nitrogen functional groups attached to an aromatic ring is 1. The molecule has 0 aromatic carbocycles. The van der Waals surface area contributed by atoms with E-state index in [-0.39, 0.29) is 6.10 Å². The number of nitrogens with zero attached hydrogens (tertiary/aromatic N) is 3. The van der Waals surface area contributed by atoms with Crippen molar-refractivity contribution in [2.45, 2.75) is 18.2 Å². The Kier molecular flexibility index (Phi) is 2.93. The van der Waals surface area contributed by atoms with E-state index < -0.39 is 0 Å². The SMILES string of the molecule is CC(O)CSc1nnc(N)n1C. The van der Waals surface area contributed by atoms with Gasteiger partial charge in [0.15, 0.2) is 5.16 Å². The van der Waals surface area contributed by atoms with Crippen molar-refractivity contribution >= 4 is 17.7 Å². The normalized spacial score (nSPS) is 13.2. The molecule has 0 saturated carbocycles. The summed E-state index contributed by atoms with van der Waals surface area (Å²) in [5.41, 5.74) is 5.46. The number of thioether (sulfide) groups is 1. The van der Waals surface area contributed by atoms with Gasteiger partial charge in [0.2, 0.25) is 5.95 Å². The van der Waals surface area contributed by atoms with E-state index in [0.29, 0.717) is 11.7 Å².